The molecule has 1 amide bonds. The summed E-state index contributed by atoms with van der Waals surface area (Å²) in [6.45, 7) is 0. The highest BCUT2D eigenvalue weighted by Crippen LogP contribution is 2.18. The molecule has 1 aromatic rings. The molecule has 0 unspecified atom stereocenters. The van der Waals surface area contributed by atoms with Crippen LogP contribution in [-0.2, 0) is 0 Å². The third-order valence-electron chi connectivity index (χ3n) is 2.19. The molecule has 12 heavy (non-hydrogen) atoms. The van der Waals surface area contributed by atoms with E-state index in [1.807, 2.05) is 0 Å². The topological polar surface area (TPSA) is 42.2 Å². The summed E-state index contributed by atoms with van der Waals surface area (Å²) in [6, 6.07) is 3.77. The van der Waals surface area contributed by atoms with E-state index in [-0.39, 0.29) is 5.91 Å². The molecule has 0 saturated heterocycles. The summed E-state index contributed by atoms with van der Waals surface area (Å²) >= 11 is 0. The van der Waals surface area contributed by atoms with Gasteiger partial charge in [-0.05, 0) is 31.4 Å². The molecule has 0 spiro atoms. The summed E-state index contributed by atoms with van der Waals surface area (Å²) in [5, 5.41) is 2.89. The molecule has 0 aliphatic heterocycles. The molecule has 0 radical (unpaired) electrons. The lowest BCUT2D eigenvalue weighted by Crippen LogP contribution is -2.39. The normalized spacial score (nSPS) is 17.0. The van der Waals surface area contributed by atoms with Crippen molar-refractivity contribution in [2.45, 2.75) is 25.3 Å². The van der Waals surface area contributed by atoms with Crippen molar-refractivity contribution in [3.8, 4) is 0 Å². The lowest BCUT2D eigenvalue weighted by atomic mass is 9.93. The highest BCUT2D eigenvalue weighted by Gasteiger charge is 2.20. The fourth-order valence-electron chi connectivity index (χ4n) is 1.22. The Morgan fingerprint density at radius 3 is 2.92 bits per heavy atom. The van der Waals surface area contributed by atoms with E-state index in [0.717, 1.165) is 12.8 Å². The predicted octanol–water partition coefficient (Wildman–Crippen LogP) is 1.56. The average Bonchev–Trinajstić information content (AvgIpc) is 2.47. The second kappa shape index (κ2) is 3.01. The van der Waals surface area contributed by atoms with Crippen molar-refractivity contribution in [2.75, 3.05) is 0 Å². The Kier molecular flexibility index (Phi) is 1.86. The van der Waals surface area contributed by atoms with Gasteiger partial charge in [0.15, 0.2) is 5.76 Å². The zero-order chi connectivity index (χ0) is 8.39. The second-order valence-electron chi connectivity index (χ2n) is 3.08. The van der Waals surface area contributed by atoms with Crippen LogP contribution in [0.15, 0.2) is 22.8 Å². The fourth-order valence-corrected chi connectivity index (χ4v) is 1.22. The Bertz CT molecular complexity index is 262. The first kappa shape index (κ1) is 7.40. The summed E-state index contributed by atoms with van der Waals surface area (Å²) < 4.78 is 4.95. The van der Waals surface area contributed by atoms with Gasteiger partial charge in [-0.1, -0.05) is 0 Å². The fraction of sp³-hybridized carbons (Fsp3) is 0.444. The maximum atomic E-state index is 11.3. The van der Waals surface area contributed by atoms with E-state index in [4.69, 9.17) is 4.42 Å². The van der Waals surface area contributed by atoms with Crippen LogP contribution in [0.1, 0.15) is 29.8 Å². The summed E-state index contributed by atoms with van der Waals surface area (Å²) in [5.41, 5.74) is 0. The van der Waals surface area contributed by atoms with E-state index >= 15 is 0 Å². The molecule has 0 bridgehead atoms. The summed E-state index contributed by atoms with van der Waals surface area (Å²) in [4.78, 5) is 11.3. The van der Waals surface area contributed by atoms with E-state index in [9.17, 15) is 4.79 Å². The zero-order valence-electron chi connectivity index (χ0n) is 6.75. The van der Waals surface area contributed by atoms with Gasteiger partial charge < -0.3 is 9.73 Å². The highest BCUT2D eigenvalue weighted by molar-refractivity contribution is 5.91. The minimum atomic E-state index is -0.0929. The van der Waals surface area contributed by atoms with Crippen molar-refractivity contribution in [3.63, 3.8) is 0 Å². The third-order valence-corrected chi connectivity index (χ3v) is 2.19. The molecule has 1 saturated carbocycles. The van der Waals surface area contributed by atoms with Gasteiger partial charge in [0.25, 0.3) is 5.91 Å². The number of rotatable bonds is 2. The van der Waals surface area contributed by atoms with E-state index in [1.54, 1.807) is 12.1 Å². The molecule has 1 N–H and O–H groups in total. The van der Waals surface area contributed by atoms with Gasteiger partial charge >= 0.3 is 0 Å². The minimum Gasteiger partial charge on any atom is -0.459 e. The summed E-state index contributed by atoms with van der Waals surface area (Å²) in [7, 11) is 0. The molecular weight excluding hydrogens is 154 g/mol. The molecule has 3 heteroatoms. The first-order valence-electron chi connectivity index (χ1n) is 4.20. The number of amides is 1. The van der Waals surface area contributed by atoms with E-state index in [2.05, 4.69) is 5.32 Å². The molecule has 2 rings (SSSR count). The molecule has 3 nitrogen and oxygen atoms in total. The number of furan rings is 1. The number of hydrogen-bond donors (Lipinski definition) is 1. The smallest absolute Gasteiger partial charge is 0.287 e. The zero-order valence-corrected chi connectivity index (χ0v) is 6.75. The van der Waals surface area contributed by atoms with Gasteiger partial charge in [0.1, 0.15) is 0 Å². The standard InChI is InChI=1S/C9H11NO2/c11-9(8-5-2-6-12-8)10-7-3-1-4-7/h2,5-7H,1,3-4H2,(H,10,11). The van der Waals surface area contributed by atoms with Crippen molar-refractivity contribution in [3.05, 3.63) is 24.2 Å². The predicted molar refractivity (Wildman–Crippen MR) is 43.8 cm³/mol. The van der Waals surface area contributed by atoms with Gasteiger partial charge in [-0.2, -0.15) is 0 Å². The number of carbonyl (C=O) groups excluding carboxylic acids is 1. The quantitative estimate of drug-likeness (QED) is 0.722. The molecule has 64 valence electrons. The van der Waals surface area contributed by atoms with E-state index in [0.29, 0.717) is 11.8 Å². The van der Waals surface area contributed by atoms with Crippen molar-refractivity contribution >= 4 is 5.91 Å². The number of carbonyl (C=O) groups is 1. The molecule has 1 heterocycles. The Morgan fingerprint density at radius 1 is 1.58 bits per heavy atom. The monoisotopic (exact) mass is 165 g/mol. The van der Waals surface area contributed by atoms with Crippen LogP contribution in [0.5, 0.6) is 0 Å². The van der Waals surface area contributed by atoms with Crippen molar-refractivity contribution < 1.29 is 9.21 Å². The van der Waals surface area contributed by atoms with Gasteiger partial charge in [0.2, 0.25) is 0 Å². The van der Waals surface area contributed by atoms with Gasteiger partial charge in [-0.15, -0.1) is 0 Å². The van der Waals surface area contributed by atoms with Crippen LogP contribution in [-0.4, -0.2) is 11.9 Å². The second-order valence-corrected chi connectivity index (χ2v) is 3.08. The Hall–Kier alpha value is -1.25. The Morgan fingerprint density at radius 2 is 2.42 bits per heavy atom. The maximum absolute atomic E-state index is 11.3. The van der Waals surface area contributed by atoms with Gasteiger partial charge in [-0.3, -0.25) is 4.79 Å². The molecule has 1 fully saturated rings. The highest BCUT2D eigenvalue weighted by atomic mass is 16.3. The lowest BCUT2D eigenvalue weighted by molar-refractivity contribution is 0.0888. The molecule has 1 aliphatic carbocycles. The molecular formula is C9H11NO2. The molecule has 1 aromatic heterocycles. The van der Waals surface area contributed by atoms with Crippen LogP contribution in [0.4, 0.5) is 0 Å². The number of hydrogen-bond acceptors (Lipinski definition) is 2. The van der Waals surface area contributed by atoms with E-state index < -0.39 is 0 Å². The first-order valence-corrected chi connectivity index (χ1v) is 4.20. The third kappa shape index (κ3) is 1.35. The van der Waals surface area contributed by atoms with Gasteiger partial charge in [0.05, 0.1) is 6.26 Å². The van der Waals surface area contributed by atoms with Crippen LogP contribution in [0.25, 0.3) is 0 Å². The van der Waals surface area contributed by atoms with Crippen molar-refractivity contribution in [2.24, 2.45) is 0 Å². The maximum Gasteiger partial charge on any atom is 0.287 e. The summed E-state index contributed by atoms with van der Waals surface area (Å²) in [6.07, 6.45) is 4.94. The van der Waals surface area contributed by atoms with Crippen LogP contribution in [0, 0.1) is 0 Å². The first-order chi connectivity index (χ1) is 5.86. The molecule has 0 aromatic carbocycles. The van der Waals surface area contributed by atoms with Crippen molar-refractivity contribution in [1.82, 2.24) is 5.32 Å². The van der Waals surface area contributed by atoms with Gasteiger partial charge in [0, 0.05) is 6.04 Å². The SMILES string of the molecule is O=C(NC1CCC1)c1ccco1. The van der Waals surface area contributed by atoms with Gasteiger partial charge in [-0.25, -0.2) is 0 Å². The summed E-state index contributed by atoms with van der Waals surface area (Å²) in [5.74, 6) is 0.312. The minimum absolute atomic E-state index is 0.0929. The largest absolute Gasteiger partial charge is 0.459 e. The van der Waals surface area contributed by atoms with Crippen molar-refractivity contribution in [1.29, 1.82) is 0 Å². The van der Waals surface area contributed by atoms with Crippen LogP contribution < -0.4 is 5.32 Å². The van der Waals surface area contributed by atoms with E-state index in [1.165, 1.54) is 12.7 Å². The van der Waals surface area contributed by atoms with Crippen LogP contribution >= 0.6 is 0 Å². The Labute approximate surface area is 70.8 Å². The van der Waals surface area contributed by atoms with Crippen LogP contribution in [0.2, 0.25) is 0 Å². The average molecular weight is 165 g/mol. The molecule has 1 aliphatic rings. The Balaban J connectivity index is 1.92. The lowest BCUT2D eigenvalue weighted by Gasteiger charge is -2.25. The number of nitrogens with one attached hydrogen (secondary N) is 1. The van der Waals surface area contributed by atoms with Crippen LogP contribution in [0.3, 0.4) is 0 Å². The molecule has 0 atom stereocenters.